The Morgan fingerprint density at radius 2 is 2.00 bits per heavy atom. The maximum absolute atomic E-state index is 13.5. The summed E-state index contributed by atoms with van der Waals surface area (Å²) in [5.41, 5.74) is 4.40. The highest BCUT2D eigenvalue weighted by molar-refractivity contribution is 7.64. The second-order valence-electron chi connectivity index (χ2n) is 4.69. The van der Waals surface area contributed by atoms with E-state index < -0.39 is 0 Å². The van der Waals surface area contributed by atoms with Crippen molar-refractivity contribution in [2.75, 3.05) is 0 Å². The normalized spacial score (nSPS) is 10.0. The predicted octanol–water partition coefficient (Wildman–Crippen LogP) is 3.30. The monoisotopic (exact) mass is 349 g/mol. The van der Waals surface area contributed by atoms with Crippen LogP contribution in [0.5, 0.6) is 0 Å². The number of aromatic nitrogens is 3. The van der Waals surface area contributed by atoms with Gasteiger partial charge in [0.05, 0.1) is 5.69 Å². The summed E-state index contributed by atoms with van der Waals surface area (Å²) in [6.07, 6.45) is 3.39. The minimum absolute atomic E-state index is 0. The summed E-state index contributed by atoms with van der Waals surface area (Å²) in [5.74, 6) is 0.182. The van der Waals surface area contributed by atoms with E-state index in [1.54, 1.807) is 29.1 Å². The van der Waals surface area contributed by atoms with Gasteiger partial charge in [-0.1, -0.05) is 12.1 Å². The Kier molecular flexibility index (Phi) is 5.41. The van der Waals surface area contributed by atoms with Gasteiger partial charge in [0.15, 0.2) is 0 Å². The molecule has 118 valence electrons. The van der Waals surface area contributed by atoms with Crippen LogP contribution in [0.1, 0.15) is 5.69 Å². The first-order valence-electron chi connectivity index (χ1n) is 6.58. The average Bonchev–Trinajstić information content (AvgIpc) is 2.86. The summed E-state index contributed by atoms with van der Waals surface area (Å²) in [6.45, 7) is 1.87. The van der Waals surface area contributed by atoms with Gasteiger partial charge < -0.3 is 0 Å². The highest BCUT2D eigenvalue weighted by atomic mass is 35.5. The average molecular weight is 350 g/mol. The van der Waals surface area contributed by atoms with Crippen LogP contribution in [0.2, 0.25) is 0 Å². The lowest BCUT2D eigenvalue weighted by Crippen LogP contribution is -2.00. The first-order valence-corrected chi connectivity index (χ1v) is 7.38. The molecule has 0 fully saturated rings. The molecule has 7 heteroatoms. The molecule has 0 N–H and O–H groups in total. The predicted molar refractivity (Wildman–Crippen MR) is 92.4 cm³/mol. The zero-order valence-electron chi connectivity index (χ0n) is 12.1. The molecular weight excluding hydrogens is 337 g/mol. The van der Waals surface area contributed by atoms with E-state index in [2.05, 4.69) is 9.97 Å². The molecule has 1 aromatic carbocycles. The summed E-state index contributed by atoms with van der Waals surface area (Å²) in [4.78, 5) is 8.67. The molecule has 0 saturated heterocycles. The van der Waals surface area contributed by atoms with E-state index in [1.165, 1.54) is 17.6 Å². The van der Waals surface area contributed by atoms with Gasteiger partial charge in [-0.2, -0.15) is 0 Å². The summed E-state index contributed by atoms with van der Waals surface area (Å²) < 4.78 is 26.1. The van der Waals surface area contributed by atoms with Gasteiger partial charge in [-0.3, -0.25) is 9.55 Å². The molecule has 3 rings (SSSR count). The Labute approximate surface area is 142 Å². The van der Waals surface area contributed by atoms with Crippen molar-refractivity contribution < 1.29 is 8.60 Å². The molecule has 23 heavy (non-hydrogen) atoms. The van der Waals surface area contributed by atoms with E-state index in [1.807, 2.05) is 19.1 Å². The molecule has 0 aliphatic heterocycles. The van der Waals surface area contributed by atoms with Gasteiger partial charge in [-0.05, 0) is 31.2 Å². The highest BCUT2D eigenvalue weighted by Gasteiger charge is 2.16. The number of imidazole rings is 1. The third kappa shape index (κ3) is 3.38. The maximum atomic E-state index is 13.5. The topological polar surface area (TPSA) is 47.8 Å². The summed E-state index contributed by atoms with van der Waals surface area (Å²) in [5, 5.41) is 0. The first-order chi connectivity index (χ1) is 10.7. The van der Waals surface area contributed by atoms with E-state index in [4.69, 9.17) is 0 Å². The van der Waals surface area contributed by atoms with Crippen molar-refractivity contribution in [1.82, 2.24) is 14.5 Å². The molecule has 0 saturated carbocycles. The van der Waals surface area contributed by atoms with Crippen molar-refractivity contribution in [1.29, 1.82) is 0 Å². The lowest BCUT2D eigenvalue weighted by atomic mass is 10.2. The number of benzene rings is 1. The van der Waals surface area contributed by atoms with Gasteiger partial charge in [0, 0.05) is 29.2 Å². The lowest BCUT2D eigenvalue weighted by molar-refractivity contribution is 0.628. The zero-order valence-corrected chi connectivity index (χ0v) is 13.8. The van der Waals surface area contributed by atoms with Crippen LogP contribution in [0.25, 0.3) is 22.6 Å². The molecular formula is C16H13ClFN3OS. The van der Waals surface area contributed by atoms with E-state index in [-0.39, 0.29) is 18.2 Å². The van der Waals surface area contributed by atoms with Gasteiger partial charge in [0.25, 0.3) is 0 Å². The summed E-state index contributed by atoms with van der Waals surface area (Å²) in [7, 11) is 0. The number of nitrogens with zero attached hydrogens (tertiary/aromatic N) is 3. The lowest BCUT2D eigenvalue weighted by Gasteiger charge is -2.03. The fourth-order valence-corrected chi connectivity index (χ4v) is 2.64. The molecule has 0 atom stereocenters. The van der Waals surface area contributed by atoms with Crippen LogP contribution in [0.3, 0.4) is 0 Å². The van der Waals surface area contributed by atoms with Crippen molar-refractivity contribution in [2.45, 2.75) is 6.92 Å². The van der Waals surface area contributed by atoms with Crippen molar-refractivity contribution >= 4 is 29.2 Å². The molecule has 4 nitrogen and oxygen atoms in total. The van der Waals surface area contributed by atoms with Crippen molar-refractivity contribution in [3.63, 3.8) is 0 Å². The van der Waals surface area contributed by atoms with Gasteiger partial charge in [-0.15, -0.1) is 12.4 Å². The second kappa shape index (κ2) is 7.30. The number of hydrogen-bond acceptors (Lipinski definition) is 3. The zero-order chi connectivity index (χ0) is 15.5. The van der Waals surface area contributed by atoms with Crippen LogP contribution >= 0.6 is 12.4 Å². The molecule has 3 aromatic rings. The van der Waals surface area contributed by atoms with Gasteiger partial charge in [0.2, 0.25) is 0 Å². The molecule has 2 aromatic heterocycles. The number of rotatable bonds is 3. The molecule has 2 heterocycles. The molecule has 0 amide bonds. The summed E-state index contributed by atoms with van der Waals surface area (Å²) in [6, 6.07) is 9.87. The minimum Gasteiger partial charge on any atom is -0.291 e. The SMILES string of the molecule is Cc1c(-c2cccnc2)nc(-c2cccc(F)c2)n1C=S=O.Cl. The smallest absolute Gasteiger partial charge is 0.145 e. The Hall–Kier alpha value is -2.31. The molecule has 0 spiro atoms. The third-order valence-electron chi connectivity index (χ3n) is 3.32. The quantitative estimate of drug-likeness (QED) is 0.682. The molecule has 0 bridgehead atoms. The van der Waals surface area contributed by atoms with Crippen LogP contribution in [0.4, 0.5) is 4.39 Å². The van der Waals surface area contributed by atoms with E-state index >= 15 is 0 Å². The number of hydrogen-bond donors (Lipinski definition) is 0. The van der Waals surface area contributed by atoms with E-state index in [0.29, 0.717) is 22.6 Å². The maximum Gasteiger partial charge on any atom is 0.145 e. The standard InChI is InChI=1S/C16H12FN3OS.ClH/c1-11-15(13-5-3-7-18-9-13)19-16(20(11)10-22-21)12-4-2-6-14(17)8-12;/h2-10H,1H3;1H. The Morgan fingerprint density at radius 1 is 1.22 bits per heavy atom. The minimum atomic E-state index is -0.345. The van der Waals surface area contributed by atoms with Crippen molar-refractivity contribution in [2.24, 2.45) is 0 Å². The Morgan fingerprint density at radius 3 is 2.65 bits per heavy atom. The van der Waals surface area contributed by atoms with Crippen LogP contribution in [-0.4, -0.2) is 24.2 Å². The fraction of sp³-hybridized carbons (Fsp3) is 0.0625. The van der Waals surface area contributed by atoms with Crippen molar-refractivity contribution in [3.8, 4) is 22.6 Å². The van der Waals surface area contributed by atoms with Gasteiger partial charge in [0.1, 0.15) is 28.4 Å². The molecule has 0 aliphatic carbocycles. The van der Waals surface area contributed by atoms with Crippen LogP contribution in [0, 0.1) is 12.7 Å². The number of halogens is 2. The Bertz CT molecular complexity index is 876. The van der Waals surface area contributed by atoms with E-state index in [9.17, 15) is 8.60 Å². The molecule has 0 radical (unpaired) electrons. The molecule has 0 unspecified atom stereocenters. The van der Waals surface area contributed by atoms with Crippen LogP contribution < -0.4 is 0 Å². The number of pyridine rings is 1. The van der Waals surface area contributed by atoms with Crippen LogP contribution in [-0.2, 0) is 11.3 Å². The van der Waals surface area contributed by atoms with Crippen LogP contribution in [0.15, 0.2) is 48.8 Å². The third-order valence-corrected chi connectivity index (χ3v) is 3.61. The van der Waals surface area contributed by atoms with Gasteiger partial charge in [-0.25, -0.2) is 13.6 Å². The molecule has 0 aliphatic rings. The first kappa shape index (κ1) is 17.1. The van der Waals surface area contributed by atoms with E-state index in [0.717, 1.165) is 17.0 Å². The fourth-order valence-electron chi connectivity index (χ4n) is 2.29. The largest absolute Gasteiger partial charge is 0.291 e. The second-order valence-corrected chi connectivity index (χ2v) is 5.10. The highest BCUT2D eigenvalue weighted by Crippen LogP contribution is 2.27. The Balaban J connectivity index is 0.00000192. The van der Waals surface area contributed by atoms with Crippen molar-refractivity contribution in [3.05, 3.63) is 60.3 Å². The van der Waals surface area contributed by atoms with Gasteiger partial charge >= 0.3 is 0 Å². The summed E-state index contributed by atoms with van der Waals surface area (Å²) >= 11 is 0.329.